The zero-order valence-electron chi connectivity index (χ0n) is 11.8. The van der Waals surface area contributed by atoms with Gasteiger partial charge >= 0.3 is 0 Å². The maximum Gasteiger partial charge on any atom is 0.198 e. The van der Waals surface area contributed by atoms with Crippen molar-refractivity contribution in [1.29, 1.82) is 0 Å². The van der Waals surface area contributed by atoms with Crippen LogP contribution in [0.15, 0.2) is 11.6 Å². The van der Waals surface area contributed by atoms with E-state index in [0.717, 1.165) is 5.57 Å². The van der Waals surface area contributed by atoms with Gasteiger partial charge in [0, 0.05) is 18.1 Å². The van der Waals surface area contributed by atoms with Gasteiger partial charge in [0.1, 0.15) is 0 Å². The summed E-state index contributed by atoms with van der Waals surface area (Å²) in [7, 11) is -3.48. The Hall–Kier alpha value is -0.430. The minimum absolute atomic E-state index is 0.0150. The van der Waals surface area contributed by atoms with Crippen molar-refractivity contribution in [3.63, 3.8) is 0 Å². The molecular formula is C13H22O5S. The second-order valence-electron chi connectivity index (χ2n) is 5.95. The van der Waals surface area contributed by atoms with Gasteiger partial charge in [-0.25, -0.2) is 8.42 Å². The molecule has 0 saturated carbocycles. The number of aliphatic hydroxyl groups excluding tert-OH is 1. The first-order chi connectivity index (χ1) is 8.63. The van der Waals surface area contributed by atoms with Gasteiger partial charge in [-0.15, -0.1) is 0 Å². The van der Waals surface area contributed by atoms with Crippen LogP contribution in [0.3, 0.4) is 0 Å². The van der Waals surface area contributed by atoms with Crippen molar-refractivity contribution in [3.8, 4) is 0 Å². The molecule has 1 saturated heterocycles. The fourth-order valence-electron chi connectivity index (χ4n) is 3.09. The summed E-state index contributed by atoms with van der Waals surface area (Å²) in [4.78, 5) is -1.36. The minimum atomic E-state index is -3.48. The molecule has 1 unspecified atom stereocenters. The van der Waals surface area contributed by atoms with Crippen molar-refractivity contribution in [2.45, 2.75) is 37.9 Å². The first-order valence-corrected chi connectivity index (χ1v) is 8.33. The summed E-state index contributed by atoms with van der Waals surface area (Å²) in [5.74, 6) is -1.40. The Kier molecular flexibility index (Phi) is 3.58. The molecule has 110 valence electrons. The van der Waals surface area contributed by atoms with Crippen LogP contribution in [0.2, 0.25) is 0 Å². The van der Waals surface area contributed by atoms with Crippen LogP contribution in [-0.2, 0) is 19.3 Å². The molecule has 3 atom stereocenters. The van der Waals surface area contributed by atoms with E-state index in [2.05, 4.69) is 0 Å². The molecule has 1 aliphatic carbocycles. The van der Waals surface area contributed by atoms with E-state index in [9.17, 15) is 13.5 Å². The van der Waals surface area contributed by atoms with E-state index in [-0.39, 0.29) is 25.0 Å². The van der Waals surface area contributed by atoms with Gasteiger partial charge < -0.3 is 14.6 Å². The van der Waals surface area contributed by atoms with Crippen molar-refractivity contribution in [2.75, 3.05) is 19.5 Å². The summed E-state index contributed by atoms with van der Waals surface area (Å²) in [5.41, 5.74) is 1.02. The number of ether oxygens (including phenoxy) is 2. The molecule has 0 aromatic rings. The van der Waals surface area contributed by atoms with Gasteiger partial charge in [0.25, 0.3) is 0 Å². The lowest BCUT2D eigenvalue weighted by molar-refractivity contribution is -0.155. The van der Waals surface area contributed by atoms with Crippen LogP contribution >= 0.6 is 0 Å². The monoisotopic (exact) mass is 290 g/mol. The summed E-state index contributed by atoms with van der Waals surface area (Å²) in [5, 5.41) is 9.55. The van der Waals surface area contributed by atoms with E-state index in [1.54, 1.807) is 13.8 Å². The average molecular weight is 290 g/mol. The molecule has 1 heterocycles. The van der Waals surface area contributed by atoms with E-state index in [4.69, 9.17) is 9.47 Å². The van der Waals surface area contributed by atoms with Crippen LogP contribution in [-0.4, -0.2) is 43.7 Å². The van der Waals surface area contributed by atoms with Crippen molar-refractivity contribution >= 4 is 9.84 Å². The predicted octanol–water partition coefficient (Wildman–Crippen LogP) is 1.08. The number of aliphatic hydroxyl groups is 1. The lowest BCUT2D eigenvalue weighted by atomic mass is 9.87. The highest BCUT2D eigenvalue weighted by atomic mass is 32.2. The predicted molar refractivity (Wildman–Crippen MR) is 71.1 cm³/mol. The molecule has 2 aliphatic rings. The normalized spacial score (nSPS) is 38.5. The molecule has 5 nitrogen and oxygen atoms in total. The lowest BCUT2D eigenvalue weighted by Crippen LogP contribution is -2.51. The lowest BCUT2D eigenvalue weighted by Gasteiger charge is -2.36. The van der Waals surface area contributed by atoms with Crippen molar-refractivity contribution < 1.29 is 23.0 Å². The van der Waals surface area contributed by atoms with Crippen LogP contribution in [0.4, 0.5) is 0 Å². The number of sulfone groups is 1. The summed E-state index contributed by atoms with van der Waals surface area (Å²) >= 11 is 0. The first kappa shape index (κ1) is 15.0. The van der Waals surface area contributed by atoms with Gasteiger partial charge in [-0.05, 0) is 27.2 Å². The van der Waals surface area contributed by atoms with E-state index >= 15 is 0 Å². The number of hydrogen-bond donors (Lipinski definition) is 1. The summed E-state index contributed by atoms with van der Waals surface area (Å²) in [6, 6.07) is 0. The van der Waals surface area contributed by atoms with Crippen LogP contribution in [0.25, 0.3) is 0 Å². The molecule has 0 bridgehead atoms. The van der Waals surface area contributed by atoms with E-state index in [1.807, 2.05) is 13.0 Å². The van der Waals surface area contributed by atoms with Gasteiger partial charge in [-0.1, -0.05) is 11.6 Å². The molecule has 0 amide bonds. The second kappa shape index (κ2) is 4.55. The molecule has 2 rings (SSSR count). The number of allylic oxidation sites excluding steroid dienone is 1. The molecule has 0 aromatic carbocycles. The standard InChI is InChI=1S/C13H22O5S/c1-9-5-6-11(10(9)7-14)13(19(4,15)16)8-17-12(2,3)18-13/h5,10-11,14H,6-8H2,1-4H3/t10-,11-,13?/m0/s1. The highest BCUT2D eigenvalue weighted by molar-refractivity contribution is 7.92. The van der Waals surface area contributed by atoms with Crippen molar-refractivity contribution in [1.82, 2.24) is 0 Å². The highest BCUT2D eigenvalue weighted by Gasteiger charge is 2.60. The molecule has 1 N–H and O–H groups in total. The summed E-state index contributed by atoms with van der Waals surface area (Å²) in [6.07, 6.45) is 3.75. The molecular weight excluding hydrogens is 268 g/mol. The quantitative estimate of drug-likeness (QED) is 0.788. The molecule has 0 radical (unpaired) electrons. The second-order valence-corrected chi connectivity index (χ2v) is 8.19. The van der Waals surface area contributed by atoms with Crippen molar-refractivity contribution in [3.05, 3.63) is 11.6 Å². The third-order valence-corrected chi connectivity index (χ3v) is 5.95. The fourth-order valence-corrected chi connectivity index (χ4v) is 4.53. The van der Waals surface area contributed by atoms with Crippen LogP contribution < -0.4 is 0 Å². The third-order valence-electron chi connectivity index (χ3n) is 4.19. The minimum Gasteiger partial charge on any atom is -0.396 e. The third kappa shape index (κ3) is 2.35. The number of hydrogen-bond acceptors (Lipinski definition) is 5. The van der Waals surface area contributed by atoms with Crippen molar-refractivity contribution in [2.24, 2.45) is 11.8 Å². The fraction of sp³-hybridized carbons (Fsp3) is 0.846. The first-order valence-electron chi connectivity index (χ1n) is 6.44. The van der Waals surface area contributed by atoms with Gasteiger partial charge in [-0.2, -0.15) is 0 Å². The maximum atomic E-state index is 12.3. The average Bonchev–Trinajstić information content (AvgIpc) is 2.78. The van der Waals surface area contributed by atoms with Gasteiger partial charge in [-0.3, -0.25) is 0 Å². The summed E-state index contributed by atoms with van der Waals surface area (Å²) < 4.78 is 35.9. The van der Waals surface area contributed by atoms with E-state index in [0.29, 0.717) is 6.42 Å². The Morgan fingerprint density at radius 2 is 2.11 bits per heavy atom. The topological polar surface area (TPSA) is 72.8 Å². The molecule has 19 heavy (non-hydrogen) atoms. The Morgan fingerprint density at radius 3 is 2.53 bits per heavy atom. The maximum absolute atomic E-state index is 12.3. The van der Waals surface area contributed by atoms with Crippen LogP contribution in [0.5, 0.6) is 0 Å². The molecule has 0 spiro atoms. The smallest absolute Gasteiger partial charge is 0.198 e. The summed E-state index contributed by atoms with van der Waals surface area (Å²) in [6.45, 7) is 5.28. The number of rotatable bonds is 3. The molecule has 1 aliphatic heterocycles. The zero-order valence-corrected chi connectivity index (χ0v) is 12.7. The molecule has 1 fully saturated rings. The SMILES string of the molecule is CC1=CC[C@H](C2(S(C)(=O)=O)COC(C)(C)O2)[C@H]1CO. The largest absolute Gasteiger partial charge is 0.396 e. The van der Waals surface area contributed by atoms with E-state index < -0.39 is 20.6 Å². The molecule has 6 heteroatoms. The molecule has 0 aromatic heterocycles. The Balaban J connectivity index is 2.42. The Bertz CT molecular complexity index is 493. The Labute approximate surface area is 114 Å². The van der Waals surface area contributed by atoms with E-state index in [1.165, 1.54) is 6.26 Å². The van der Waals surface area contributed by atoms with Gasteiger partial charge in [0.15, 0.2) is 20.6 Å². The zero-order chi connectivity index (χ0) is 14.5. The van der Waals surface area contributed by atoms with Gasteiger partial charge in [0.2, 0.25) is 0 Å². The van der Waals surface area contributed by atoms with Crippen LogP contribution in [0.1, 0.15) is 27.2 Å². The van der Waals surface area contributed by atoms with Gasteiger partial charge in [0.05, 0.1) is 13.2 Å². The highest BCUT2D eigenvalue weighted by Crippen LogP contribution is 2.48. The van der Waals surface area contributed by atoms with Crippen LogP contribution in [0, 0.1) is 11.8 Å². The Morgan fingerprint density at radius 1 is 1.47 bits per heavy atom.